The summed E-state index contributed by atoms with van der Waals surface area (Å²) in [6.45, 7) is 1.82. The largest absolute Gasteiger partial charge is 0.385 e. The fourth-order valence-corrected chi connectivity index (χ4v) is 4.18. The maximum atomic E-state index is 14.9. The van der Waals surface area contributed by atoms with Crippen molar-refractivity contribution in [2.75, 3.05) is 0 Å². The van der Waals surface area contributed by atoms with E-state index in [0.29, 0.717) is 46.5 Å². The highest BCUT2D eigenvalue weighted by Gasteiger charge is 2.26. The molecule has 7 heteroatoms. The van der Waals surface area contributed by atoms with Crippen LogP contribution in [0.2, 0.25) is 0 Å². The number of aryl methyl sites for hydroxylation is 2. The Kier molecular flexibility index (Phi) is 6.62. The number of oxime groups is 1. The highest BCUT2D eigenvalue weighted by molar-refractivity contribution is 6.05. The molecule has 180 valence electrons. The molecule has 3 heterocycles. The third-order valence-corrected chi connectivity index (χ3v) is 6.11. The van der Waals surface area contributed by atoms with Gasteiger partial charge in [0.15, 0.2) is 11.9 Å². The van der Waals surface area contributed by atoms with Gasteiger partial charge in [-0.3, -0.25) is 14.8 Å². The van der Waals surface area contributed by atoms with Gasteiger partial charge in [-0.2, -0.15) is 0 Å². The Balaban J connectivity index is 1.46. The number of pyridine rings is 2. The van der Waals surface area contributed by atoms with E-state index in [2.05, 4.69) is 15.1 Å². The van der Waals surface area contributed by atoms with E-state index in [9.17, 15) is 13.6 Å². The maximum Gasteiger partial charge on any atom is 0.174 e. The van der Waals surface area contributed by atoms with Gasteiger partial charge in [0, 0.05) is 41.4 Å². The van der Waals surface area contributed by atoms with Gasteiger partial charge in [0.1, 0.15) is 11.6 Å². The molecule has 4 aromatic rings. The van der Waals surface area contributed by atoms with Crippen LogP contribution >= 0.6 is 0 Å². The van der Waals surface area contributed by atoms with Crippen LogP contribution in [0.4, 0.5) is 8.78 Å². The molecule has 0 N–H and O–H groups in total. The summed E-state index contributed by atoms with van der Waals surface area (Å²) < 4.78 is 28.0. The number of rotatable bonds is 7. The molecule has 1 unspecified atom stereocenters. The summed E-state index contributed by atoms with van der Waals surface area (Å²) in [6, 6.07) is 18.8. The van der Waals surface area contributed by atoms with E-state index in [4.69, 9.17) is 4.84 Å². The summed E-state index contributed by atoms with van der Waals surface area (Å²) in [7, 11) is 0. The Morgan fingerprint density at radius 2 is 1.86 bits per heavy atom. The number of carbonyl (C=O) groups is 1. The van der Waals surface area contributed by atoms with Crippen LogP contribution in [-0.2, 0) is 11.3 Å². The molecule has 0 fully saturated rings. The number of halogens is 2. The molecule has 0 saturated heterocycles. The molecule has 2 aromatic heterocycles. The number of Topliss-reactive ketones (excluding diaryl/α,β-unsaturated/α-hetero) is 1. The van der Waals surface area contributed by atoms with Crippen molar-refractivity contribution in [2.45, 2.75) is 32.3 Å². The Hall–Kier alpha value is -4.26. The lowest BCUT2D eigenvalue weighted by molar-refractivity contribution is 0.0826. The van der Waals surface area contributed by atoms with Crippen LogP contribution in [0.1, 0.15) is 51.8 Å². The van der Waals surface area contributed by atoms with Crippen LogP contribution in [-0.4, -0.2) is 21.5 Å². The molecule has 0 bridgehead atoms. The number of carbonyl (C=O) groups excluding carboxylic acids is 1. The summed E-state index contributed by atoms with van der Waals surface area (Å²) in [5.74, 6) is -0.916. The van der Waals surface area contributed by atoms with Gasteiger partial charge in [-0.25, -0.2) is 8.78 Å². The van der Waals surface area contributed by atoms with Crippen molar-refractivity contribution in [2.24, 2.45) is 5.16 Å². The van der Waals surface area contributed by atoms with E-state index in [1.165, 1.54) is 12.1 Å². The number of nitrogens with zero attached hydrogens (tertiary/aromatic N) is 3. The summed E-state index contributed by atoms with van der Waals surface area (Å²) >= 11 is 0. The Morgan fingerprint density at radius 3 is 2.61 bits per heavy atom. The number of aromatic nitrogens is 2. The normalized spacial score (nSPS) is 14.9. The van der Waals surface area contributed by atoms with Crippen molar-refractivity contribution in [1.82, 2.24) is 9.97 Å². The zero-order chi connectivity index (χ0) is 25.1. The van der Waals surface area contributed by atoms with Gasteiger partial charge in [0.05, 0.1) is 17.6 Å². The number of hydrogen-bond acceptors (Lipinski definition) is 5. The Morgan fingerprint density at radius 1 is 1.00 bits per heavy atom. The van der Waals surface area contributed by atoms with Crippen LogP contribution in [0.3, 0.4) is 0 Å². The minimum Gasteiger partial charge on any atom is -0.385 e. The monoisotopic (exact) mass is 483 g/mol. The third-order valence-electron chi connectivity index (χ3n) is 6.11. The van der Waals surface area contributed by atoms with Crippen molar-refractivity contribution in [3.05, 3.63) is 119 Å². The first-order chi connectivity index (χ1) is 17.5. The molecular weight excluding hydrogens is 460 g/mol. The number of ketones is 1. The molecule has 5 nitrogen and oxygen atoms in total. The van der Waals surface area contributed by atoms with Gasteiger partial charge >= 0.3 is 0 Å². The Bertz CT molecular complexity index is 1440. The standard InChI is InChI=1S/C29H23F2N3O2/c1-18-5-9-24(25(31)12-18)19-13-20(27-16-29(36-34-27)26-4-2-3-11-32-26)15-21(14-19)28(35)10-8-23-7-6-22(30)17-33-23/h2-7,9,11-15,17,29H,8,10,16H2,1H3. The predicted octanol–water partition coefficient (Wildman–Crippen LogP) is 6.41. The van der Waals surface area contributed by atoms with Gasteiger partial charge in [-0.15, -0.1) is 0 Å². The second-order valence-electron chi connectivity index (χ2n) is 8.76. The van der Waals surface area contributed by atoms with E-state index < -0.39 is 5.82 Å². The molecular formula is C29H23F2N3O2. The molecule has 0 radical (unpaired) electrons. The zero-order valence-corrected chi connectivity index (χ0v) is 19.6. The van der Waals surface area contributed by atoms with Crippen molar-refractivity contribution in [3.63, 3.8) is 0 Å². The molecule has 0 saturated carbocycles. The van der Waals surface area contributed by atoms with Gasteiger partial charge in [-0.05, 0) is 73.0 Å². The minimum atomic E-state index is -0.425. The predicted molar refractivity (Wildman–Crippen MR) is 133 cm³/mol. The second kappa shape index (κ2) is 10.2. The van der Waals surface area contributed by atoms with Crippen LogP contribution in [0, 0.1) is 18.6 Å². The first-order valence-corrected chi connectivity index (χ1v) is 11.7. The molecule has 1 aliphatic heterocycles. The highest BCUT2D eigenvalue weighted by Crippen LogP contribution is 2.32. The lowest BCUT2D eigenvalue weighted by Gasteiger charge is -2.11. The van der Waals surface area contributed by atoms with Crippen molar-refractivity contribution in [1.29, 1.82) is 0 Å². The van der Waals surface area contributed by atoms with E-state index in [1.807, 2.05) is 37.3 Å². The fraction of sp³-hybridized carbons (Fsp3) is 0.172. The summed E-state index contributed by atoms with van der Waals surface area (Å²) in [5.41, 5.74) is 4.96. The van der Waals surface area contributed by atoms with Crippen molar-refractivity contribution in [3.8, 4) is 11.1 Å². The molecule has 36 heavy (non-hydrogen) atoms. The Labute approximate surface area is 207 Å². The van der Waals surface area contributed by atoms with Gasteiger partial charge in [0.25, 0.3) is 0 Å². The van der Waals surface area contributed by atoms with E-state index in [-0.39, 0.29) is 24.1 Å². The molecule has 1 aliphatic rings. The van der Waals surface area contributed by atoms with Gasteiger partial charge < -0.3 is 4.84 Å². The molecule has 0 amide bonds. The summed E-state index contributed by atoms with van der Waals surface area (Å²) in [4.78, 5) is 27.2. The quantitative estimate of drug-likeness (QED) is 0.285. The topological polar surface area (TPSA) is 64.4 Å². The average Bonchev–Trinajstić information content (AvgIpc) is 3.39. The molecule has 5 rings (SSSR count). The number of benzene rings is 2. The zero-order valence-electron chi connectivity index (χ0n) is 19.6. The maximum absolute atomic E-state index is 14.9. The molecule has 0 aliphatic carbocycles. The van der Waals surface area contributed by atoms with Crippen LogP contribution in [0.5, 0.6) is 0 Å². The highest BCUT2D eigenvalue weighted by atomic mass is 19.1. The van der Waals surface area contributed by atoms with Crippen molar-refractivity contribution < 1.29 is 18.4 Å². The van der Waals surface area contributed by atoms with Crippen LogP contribution in [0.25, 0.3) is 11.1 Å². The van der Waals surface area contributed by atoms with Crippen LogP contribution < -0.4 is 0 Å². The lowest BCUT2D eigenvalue weighted by atomic mass is 9.92. The first kappa shape index (κ1) is 23.5. The van der Waals surface area contributed by atoms with Gasteiger partial charge in [-0.1, -0.05) is 23.4 Å². The smallest absolute Gasteiger partial charge is 0.174 e. The second-order valence-corrected chi connectivity index (χ2v) is 8.76. The summed E-state index contributed by atoms with van der Waals surface area (Å²) in [6.07, 6.45) is 3.52. The van der Waals surface area contributed by atoms with E-state index in [1.54, 1.807) is 30.5 Å². The minimum absolute atomic E-state index is 0.127. The van der Waals surface area contributed by atoms with Crippen molar-refractivity contribution >= 4 is 11.5 Å². The average molecular weight is 484 g/mol. The number of hydrogen-bond donors (Lipinski definition) is 0. The van der Waals surface area contributed by atoms with Crippen LogP contribution in [0.15, 0.2) is 84.3 Å². The van der Waals surface area contributed by atoms with E-state index in [0.717, 1.165) is 17.5 Å². The van der Waals surface area contributed by atoms with E-state index >= 15 is 0 Å². The molecule has 1 atom stereocenters. The third kappa shape index (κ3) is 5.20. The lowest BCUT2D eigenvalue weighted by Crippen LogP contribution is -2.07. The molecule has 2 aromatic carbocycles. The first-order valence-electron chi connectivity index (χ1n) is 11.7. The fourth-order valence-electron chi connectivity index (χ4n) is 4.18. The summed E-state index contributed by atoms with van der Waals surface area (Å²) in [5, 5.41) is 4.26. The SMILES string of the molecule is Cc1ccc(-c2cc(C(=O)CCc3ccc(F)cn3)cc(C3=NOC(c4ccccn4)C3)c2)c(F)c1. The molecule has 0 spiro atoms. The van der Waals surface area contributed by atoms with Gasteiger partial charge in [0.2, 0.25) is 0 Å².